The Morgan fingerprint density at radius 3 is 2.10 bits per heavy atom. The van der Waals surface area contributed by atoms with E-state index < -0.39 is 10.7 Å². The predicted octanol–water partition coefficient (Wildman–Crippen LogP) is 7.15. The zero-order valence-electron chi connectivity index (χ0n) is 15.2. The van der Waals surface area contributed by atoms with Crippen LogP contribution >= 0.6 is 46.4 Å². The molecule has 0 saturated carbocycles. The molecular formula is C21H13Cl4N3O2. The summed E-state index contributed by atoms with van der Waals surface area (Å²) in [6.45, 7) is -0.275. The number of anilines is 1. The molecule has 3 aromatic rings. The van der Waals surface area contributed by atoms with Crippen molar-refractivity contribution in [3.8, 4) is 0 Å². The molecule has 0 spiro atoms. The van der Waals surface area contributed by atoms with Gasteiger partial charge in [0.15, 0.2) is 6.67 Å². The molecule has 0 radical (unpaired) electrons. The fourth-order valence-electron chi connectivity index (χ4n) is 3.18. The molecule has 2 amide bonds. The third kappa shape index (κ3) is 3.81. The molecule has 0 saturated heterocycles. The first-order valence-electron chi connectivity index (χ1n) is 8.75. The predicted molar refractivity (Wildman–Crippen MR) is 124 cm³/mol. The van der Waals surface area contributed by atoms with Crippen LogP contribution in [0.2, 0.25) is 20.1 Å². The van der Waals surface area contributed by atoms with Gasteiger partial charge >= 0.3 is 6.03 Å². The molecule has 152 valence electrons. The zero-order chi connectivity index (χ0) is 21.5. The number of rotatable bonds is 3. The van der Waals surface area contributed by atoms with Gasteiger partial charge in [-0.1, -0.05) is 64.6 Å². The quantitative estimate of drug-likeness (QED) is 0.295. The van der Waals surface area contributed by atoms with Crippen molar-refractivity contribution in [3.05, 3.63) is 97.6 Å². The van der Waals surface area contributed by atoms with Crippen molar-refractivity contribution >= 4 is 69.6 Å². The number of halogens is 4. The average Bonchev–Trinajstić information content (AvgIpc) is 2.74. The monoisotopic (exact) mass is 479 g/mol. The van der Waals surface area contributed by atoms with Gasteiger partial charge in [-0.15, -0.1) is 4.99 Å². The van der Waals surface area contributed by atoms with Crippen molar-refractivity contribution in [2.45, 2.75) is 0 Å². The summed E-state index contributed by atoms with van der Waals surface area (Å²) in [5.41, 5.74) is 1.22. The second kappa shape index (κ2) is 8.19. The molecule has 1 aliphatic rings. The summed E-state index contributed by atoms with van der Waals surface area (Å²) in [5.74, 6) is 0.0512. The number of aliphatic imine (C=N–C) groups is 1. The third-order valence-electron chi connectivity index (χ3n) is 4.68. The van der Waals surface area contributed by atoms with E-state index in [0.29, 0.717) is 21.3 Å². The molecule has 1 aliphatic heterocycles. The number of hydrogen-bond acceptors (Lipinski definition) is 2. The summed E-state index contributed by atoms with van der Waals surface area (Å²) in [4.78, 5) is 18.3. The number of nitrogens with zero attached hydrogens (tertiary/aromatic N) is 3. The van der Waals surface area contributed by atoms with Gasteiger partial charge in [-0.05, 0) is 36.4 Å². The van der Waals surface area contributed by atoms with Crippen LogP contribution in [-0.2, 0) is 0 Å². The first-order valence-corrected chi connectivity index (χ1v) is 10.3. The highest BCUT2D eigenvalue weighted by Crippen LogP contribution is 2.36. The first-order chi connectivity index (χ1) is 14.3. The van der Waals surface area contributed by atoms with Crippen molar-refractivity contribution < 1.29 is 4.79 Å². The Hall–Kier alpha value is -2.12. The standard InChI is InChI=1S/C21H13Cl4N3O2/c22-16-8-6-14(10-18(16)24)27-12-28(30,15-7-9-17(23)19(25)11-15)20(26-21(27)29)13-4-2-1-3-5-13/h1-11H,12H2. The van der Waals surface area contributed by atoms with E-state index >= 15 is 0 Å². The maximum atomic E-state index is 14.3. The lowest BCUT2D eigenvalue weighted by molar-refractivity contribution is 0.250. The Bertz CT molecular complexity index is 1170. The van der Waals surface area contributed by atoms with Crippen molar-refractivity contribution in [2.24, 2.45) is 4.99 Å². The number of carbonyl (C=O) groups is 1. The van der Waals surface area contributed by atoms with Crippen molar-refractivity contribution in [1.29, 1.82) is 0 Å². The van der Waals surface area contributed by atoms with Crippen LogP contribution in [0.25, 0.3) is 0 Å². The summed E-state index contributed by atoms with van der Waals surface area (Å²) in [7, 11) is 0. The van der Waals surface area contributed by atoms with Crippen LogP contribution in [0.4, 0.5) is 16.2 Å². The Morgan fingerprint density at radius 2 is 1.47 bits per heavy atom. The third-order valence-corrected chi connectivity index (χ3v) is 6.16. The number of quaternary nitrogens is 1. The molecule has 30 heavy (non-hydrogen) atoms. The molecule has 0 fully saturated rings. The smallest absolute Gasteiger partial charge is 0.357 e. The number of amidine groups is 1. The van der Waals surface area contributed by atoms with Gasteiger partial charge in [0.2, 0.25) is 5.84 Å². The molecule has 0 aromatic heterocycles. The first kappa shape index (κ1) is 21.1. The molecule has 9 heteroatoms. The maximum absolute atomic E-state index is 14.3. The minimum atomic E-state index is -1.05. The summed E-state index contributed by atoms with van der Waals surface area (Å²) >= 11 is 24.3. The second-order valence-corrected chi connectivity index (χ2v) is 8.22. The summed E-state index contributed by atoms with van der Waals surface area (Å²) in [5, 5.41) is 15.4. The highest BCUT2D eigenvalue weighted by atomic mass is 35.5. The number of urea groups is 1. The Balaban J connectivity index is 1.89. The van der Waals surface area contributed by atoms with Crippen LogP contribution < -0.4 is 9.55 Å². The largest absolute Gasteiger partial charge is 0.619 e. The van der Waals surface area contributed by atoms with E-state index in [1.54, 1.807) is 48.5 Å². The second-order valence-electron chi connectivity index (χ2n) is 6.59. The summed E-state index contributed by atoms with van der Waals surface area (Å²) in [6, 6.07) is 17.5. The van der Waals surface area contributed by atoms with E-state index in [2.05, 4.69) is 4.99 Å². The zero-order valence-corrected chi connectivity index (χ0v) is 18.3. The molecule has 5 nitrogen and oxygen atoms in total. The van der Waals surface area contributed by atoms with Crippen LogP contribution in [0.5, 0.6) is 0 Å². The van der Waals surface area contributed by atoms with Crippen molar-refractivity contribution in [1.82, 2.24) is 4.65 Å². The minimum absolute atomic E-state index is 0.0512. The van der Waals surface area contributed by atoms with E-state index in [9.17, 15) is 10.0 Å². The fraction of sp³-hybridized carbons (Fsp3) is 0.0476. The lowest BCUT2D eigenvalue weighted by Crippen LogP contribution is -2.60. The van der Waals surface area contributed by atoms with Gasteiger partial charge in [0, 0.05) is 12.1 Å². The molecule has 0 aliphatic carbocycles. The molecular weight excluding hydrogens is 468 g/mol. The van der Waals surface area contributed by atoms with Crippen LogP contribution in [0.3, 0.4) is 0 Å². The highest BCUT2D eigenvalue weighted by Gasteiger charge is 2.40. The minimum Gasteiger partial charge on any atom is -0.619 e. The SMILES string of the molecule is O=C1N=C(c2ccccc2)[N+]([O-])(c2ccc(Cl)c(Cl)c2)CN1c1ccc(Cl)c(Cl)c1. The number of benzene rings is 3. The van der Waals surface area contributed by atoms with Crippen molar-refractivity contribution in [2.75, 3.05) is 11.6 Å². The molecule has 1 heterocycles. The Labute approximate surface area is 192 Å². The van der Waals surface area contributed by atoms with E-state index in [0.717, 1.165) is 0 Å². The van der Waals surface area contributed by atoms with Crippen LogP contribution in [0.1, 0.15) is 5.56 Å². The Kier molecular flexibility index (Phi) is 5.77. The topological polar surface area (TPSA) is 55.7 Å². The van der Waals surface area contributed by atoms with Gasteiger partial charge in [0.1, 0.15) is 5.69 Å². The maximum Gasteiger partial charge on any atom is 0.357 e. The molecule has 4 rings (SSSR count). The lowest BCUT2D eigenvalue weighted by atomic mass is 10.1. The van der Waals surface area contributed by atoms with Crippen LogP contribution in [0.15, 0.2) is 71.7 Å². The summed E-state index contributed by atoms with van der Waals surface area (Å²) in [6.07, 6.45) is 0. The highest BCUT2D eigenvalue weighted by molar-refractivity contribution is 6.42. The molecule has 1 unspecified atom stereocenters. The number of hydroxylamine groups is 2. The van der Waals surface area contributed by atoms with E-state index in [1.165, 1.54) is 17.0 Å². The van der Waals surface area contributed by atoms with Gasteiger partial charge in [-0.3, -0.25) is 4.65 Å². The lowest BCUT2D eigenvalue weighted by Gasteiger charge is -2.46. The number of hydrogen-bond donors (Lipinski definition) is 0. The van der Waals surface area contributed by atoms with Gasteiger partial charge in [-0.25, -0.2) is 9.69 Å². The van der Waals surface area contributed by atoms with Gasteiger partial charge in [0.25, 0.3) is 0 Å². The van der Waals surface area contributed by atoms with E-state index in [1.807, 2.05) is 6.07 Å². The molecule has 3 aromatic carbocycles. The fourth-order valence-corrected chi connectivity index (χ4v) is 3.76. The van der Waals surface area contributed by atoms with Crippen LogP contribution in [-0.4, -0.2) is 18.5 Å². The number of carbonyl (C=O) groups excluding carboxylic acids is 1. The number of amides is 2. The van der Waals surface area contributed by atoms with E-state index in [4.69, 9.17) is 46.4 Å². The summed E-state index contributed by atoms with van der Waals surface area (Å²) < 4.78 is -1.05. The van der Waals surface area contributed by atoms with Gasteiger partial charge < -0.3 is 5.21 Å². The Morgan fingerprint density at radius 1 is 0.833 bits per heavy atom. The van der Waals surface area contributed by atoms with Crippen molar-refractivity contribution in [3.63, 3.8) is 0 Å². The van der Waals surface area contributed by atoms with E-state index in [-0.39, 0.29) is 28.2 Å². The average molecular weight is 481 g/mol. The molecule has 0 N–H and O–H groups in total. The van der Waals surface area contributed by atoms with Gasteiger partial charge in [0.05, 0.1) is 31.3 Å². The molecule has 1 atom stereocenters. The van der Waals surface area contributed by atoms with Gasteiger partial charge in [-0.2, -0.15) is 0 Å². The molecule has 0 bridgehead atoms. The van der Waals surface area contributed by atoms with Crippen LogP contribution in [0, 0.1) is 5.21 Å². The normalized spacial score (nSPS) is 19.0.